The second-order valence-corrected chi connectivity index (χ2v) is 1.86. The molecule has 6 heavy (non-hydrogen) atoms. The Labute approximate surface area is 46.8 Å². The molecule has 0 saturated carbocycles. The maximum absolute atomic E-state index is 9.79. The van der Waals surface area contributed by atoms with Crippen LogP contribution >= 0.6 is 22.9 Å². The summed E-state index contributed by atoms with van der Waals surface area (Å²) in [4.78, 5) is 19.6. The maximum atomic E-state index is 9.79. The summed E-state index contributed by atoms with van der Waals surface area (Å²) in [5.74, 6) is 0. The van der Waals surface area contributed by atoms with Crippen LogP contribution in [0.25, 0.3) is 0 Å². The van der Waals surface area contributed by atoms with E-state index in [1.54, 1.807) is 22.9 Å². The normalized spacial score (nSPS) is 10.2. The first-order valence-electron chi connectivity index (χ1n) is 1.27. The van der Waals surface area contributed by atoms with Crippen molar-refractivity contribution < 1.29 is 0 Å². The minimum Gasteiger partial charge on any atom is -0.262 e. The minimum atomic E-state index is -0.393. The molecule has 0 aliphatic heterocycles. The number of nitrogens with zero attached hydrogens (tertiary/aromatic N) is 1. The van der Waals surface area contributed by atoms with E-state index in [9.17, 15) is 9.59 Å². The molecule has 0 spiro atoms. The molecule has 0 radical (unpaired) electrons. The van der Waals surface area contributed by atoms with Gasteiger partial charge >= 0.3 is 11.1 Å². The zero-order chi connectivity index (χ0) is 4.73. The average molecular weight is 197 g/mol. The second-order valence-electron chi connectivity index (χ2n) is 0.891. The molecule has 1 aromatic heterocycles. The van der Waals surface area contributed by atoms with Crippen molar-refractivity contribution in [1.82, 2.24) is 2.78 Å². The SMILES string of the molecule is O=c1c(=O)n1I. The molecule has 0 aromatic carbocycles. The molecule has 1 rings (SSSR count). The van der Waals surface area contributed by atoms with Crippen LogP contribution < -0.4 is 11.1 Å². The first-order valence-corrected chi connectivity index (χ1v) is 2.24. The molecular weight excluding hydrogens is 197 g/mol. The number of aromatic nitrogens is 1. The van der Waals surface area contributed by atoms with E-state index in [1.165, 1.54) is 0 Å². The highest BCUT2D eigenvalue weighted by Gasteiger charge is 2.10. The van der Waals surface area contributed by atoms with E-state index in [1.807, 2.05) is 0 Å². The molecule has 32 valence electrons. The molecule has 1 aromatic rings. The predicted molar refractivity (Wildman–Crippen MR) is 28.8 cm³/mol. The van der Waals surface area contributed by atoms with Gasteiger partial charge in [0.2, 0.25) is 0 Å². The fourth-order valence-electron chi connectivity index (χ4n) is 0.118. The highest BCUT2D eigenvalue weighted by Crippen LogP contribution is 1.76. The van der Waals surface area contributed by atoms with Gasteiger partial charge in [0.15, 0.2) is 0 Å². The molecule has 0 saturated heterocycles. The van der Waals surface area contributed by atoms with Crippen molar-refractivity contribution in [3.63, 3.8) is 0 Å². The molecule has 0 aliphatic rings. The van der Waals surface area contributed by atoms with Gasteiger partial charge in [-0.2, -0.15) is 0 Å². The van der Waals surface area contributed by atoms with Crippen molar-refractivity contribution in [3.05, 3.63) is 20.7 Å². The van der Waals surface area contributed by atoms with E-state index in [-0.39, 0.29) is 0 Å². The van der Waals surface area contributed by atoms with Gasteiger partial charge in [-0.05, 0) is 0 Å². The second kappa shape index (κ2) is 0.927. The van der Waals surface area contributed by atoms with E-state index in [2.05, 4.69) is 0 Å². The summed E-state index contributed by atoms with van der Waals surface area (Å²) in [5, 5.41) is 0. The average Bonchev–Trinajstić information content (AvgIpc) is 1.94. The molecule has 1 heterocycles. The molecule has 0 atom stereocenters. The quantitative estimate of drug-likeness (QED) is 0.406. The molecule has 0 bridgehead atoms. The van der Waals surface area contributed by atoms with E-state index in [4.69, 9.17) is 0 Å². The van der Waals surface area contributed by atoms with Gasteiger partial charge < -0.3 is 0 Å². The molecule has 0 aliphatic carbocycles. The van der Waals surface area contributed by atoms with E-state index in [0.717, 1.165) is 2.78 Å². The number of halogens is 1. The standard InChI is InChI=1S/C2INO2/c3-4-1(5)2(4)6. The van der Waals surface area contributed by atoms with Crippen LogP contribution in [0.3, 0.4) is 0 Å². The summed E-state index contributed by atoms with van der Waals surface area (Å²) in [6.45, 7) is 0. The summed E-state index contributed by atoms with van der Waals surface area (Å²) in [6.07, 6.45) is 0. The molecule has 4 heteroatoms. The smallest absolute Gasteiger partial charge is 0.262 e. The summed E-state index contributed by atoms with van der Waals surface area (Å²) in [7, 11) is 0. The lowest BCUT2D eigenvalue weighted by Gasteiger charge is -1.46. The van der Waals surface area contributed by atoms with Gasteiger partial charge in [-0.1, -0.05) is 0 Å². The van der Waals surface area contributed by atoms with Crippen LogP contribution in [-0.2, 0) is 0 Å². The highest BCUT2D eigenvalue weighted by atomic mass is 127. The van der Waals surface area contributed by atoms with Gasteiger partial charge in [0.05, 0.1) is 22.9 Å². The molecule has 0 N–H and O–H groups in total. The molecule has 0 fully saturated rings. The summed E-state index contributed by atoms with van der Waals surface area (Å²) < 4.78 is 1.03. The molecule has 0 unspecified atom stereocenters. The van der Waals surface area contributed by atoms with Crippen LogP contribution in [0.5, 0.6) is 0 Å². The zero-order valence-corrected chi connectivity index (χ0v) is 4.80. The summed E-state index contributed by atoms with van der Waals surface area (Å²) >= 11 is 1.64. The van der Waals surface area contributed by atoms with Gasteiger partial charge in [-0.15, -0.1) is 0 Å². The largest absolute Gasteiger partial charge is 0.329 e. The third-order valence-electron chi connectivity index (χ3n) is 0.490. The van der Waals surface area contributed by atoms with Gasteiger partial charge in [0, 0.05) is 0 Å². The Hall–Kier alpha value is -0.130. The van der Waals surface area contributed by atoms with Crippen molar-refractivity contribution >= 4 is 22.9 Å². The Balaban J connectivity index is 3.48. The number of hydrogen-bond acceptors (Lipinski definition) is 2. The Morgan fingerprint density at radius 2 is 1.50 bits per heavy atom. The van der Waals surface area contributed by atoms with Crippen LogP contribution in [0.1, 0.15) is 0 Å². The summed E-state index contributed by atoms with van der Waals surface area (Å²) in [6, 6.07) is 0. The highest BCUT2D eigenvalue weighted by molar-refractivity contribution is 14.1. The van der Waals surface area contributed by atoms with E-state index < -0.39 is 11.1 Å². The van der Waals surface area contributed by atoms with Crippen LogP contribution in [0.4, 0.5) is 0 Å². The molecule has 0 amide bonds. The molecule has 3 nitrogen and oxygen atoms in total. The summed E-state index contributed by atoms with van der Waals surface area (Å²) in [5.41, 5.74) is -0.786. The monoisotopic (exact) mass is 197 g/mol. The Kier molecular flexibility index (Phi) is 0.624. The fourth-order valence-corrected chi connectivity index (χ4v) is 0.423. The van der Waals surface area contributed by atoms with Crippen LogP contribution in [-0.4, -0.2) is 2.78 Å². The first-order chi connectivity index (χ1) is 2.73. The Morgan fingerprint density at radius 3 is 1.50 bits per heavy atom. The van der Waals surface area contributed by atoms with Gasteiger partial charge in [-0.3, -0.25) is 9.59 Å². The first kappa shape index (κ1) is 4.04. The van der Waals surface area contributed by atoms with Gasteiger partial charge in [0.25, 0.3) is 0 Å². The lowest BCUT2D eigenvalue weighted by atomic mass is 11.1. The van der Waals surface area contributed by atoms with Crippen molar-refractivity contribution in [2.24, 2.45) is 0 Å². The van der Waals surface area contributed by atoms with Gasteiger partial charge in [0.1, 0.15) is 0 Å². The van der Waals surface area contributed by atoms with E-state index >= 15 is 0 Å². The fraction of sp³-hybridized carbons (Fsp3) is 0. The topological polar surface area (TPSA) is 39.1 Å². The lowest BCUT2D eigenvalue weighted by molar-refractivity contribution is 1.50. The third kappa shape index (κ3) is 0.327. The Morgan fingerprint density at radius 1 is 1.33 bits per heavy atom. The maximum Gasteiger partial charge on any atom is 0.329 e. The van der Waals surface area contributed by atoms with Crippen molar-refractivity contribution in [3.8, 4) is 0 Å². The Bertz CT molecular complexity index is 193. The lowest BCUT2D eigenvalue weighted by Crippen LogP contribution is -1.88. The van der Waals surface area contributed by atoms with Crippen LogP contribution in [0.2, 0.25) is 0 Å². The molecular formula is C2INO2. The van der Waals surface area contributed by atoms with Crippen LogP contribution in [0, 0.1) is 0 Å². The van der Waals surface area contributed by atoms with Gasteiger partial charge in [-0.25, -0.2) is 2.78 Å². The predicted octanol–water partition coefficient (Wildman–Crippen LogP) is -0.718. The van der Waals surface area contributed by atoms with Crippen molar-refractivity contribution in [2.75, 3.05) is 0 Å². The third-order valence-corrected chi connectivity index (χ3v) is 1.37. The minimum absolute atomic E-state index is 0.393. The van der Waals surface area contributed by atoms with E-state index in [0.29, 0.717) is 0 Å². The number of rotatable bonds is 0. The zero-order valence-electron chi connectivity index (χ0n) is 2.64. The number of hydrogen-bond donors (Lipinski definition) is 0. The van der Waals surface area contributed by atoms with Crippen molar-refractivity contribution in [2.45, 2.75) is 0 Å². The van der Waals surface area contributed by atoms with Crippen molar-refractivity contribution in [1.29, 1.82) is 0 Å². The van der Waals surface area contributed by atoms with Crippen LogP contribution in [0.15, 0.2) is 9.59 Å².